The number of rotatable bonds is 3. The van der Waals surface area contributed by atoms with Crippen LogP contribution < -0.4 is 5.32 Å². The van der Waals surface area contributed by atoms with E-state index in [0.29, 0.717) is 5.92 Å². The van der Waals surface area contributed by atoms with E-state index in [1.165, 1.54) is 6.42 Å². The Labute approximate surface area is 106 Å². The minimum Gasteiger partial charge on any atom is -0.381 e. The van der Waals surface area contributed by atoms with E-state index in [1.807, 2.05) is 13.8 Å². The molecule has 1 aliphatic heterocycles. The lowest BCUT2D eigenvalue weighted by molar-refractivity contribution is -0.111. The van der Waals surface area contributed by atoms with E-state index in [2.05, 4.69) is 19.2 Å². The molecule has 0 aromatic heterocycles. The fourth-order valence-electron chi connectivity index (χ4n) is 2.17. The monoisotopic (exact) mass is 243 g/mol. The van der Waals surface area contributed by atoms with Crippen molar-refractivity contribution in [3.8, 4) is 0 Å². The molecule has 2 fully saturated rings. The van der Waals surface area contributed by atoms with E-state index < -0.39 is 0 Å². The molecule has 3 heteroatoms. The van der Waals surface area contributed by atoms with Gasteiger partial charge in [0.05, 0.1) is 0 Å². The molecule has 1 saturated heterocycles. The molecule has 0 spiro atoms. The predicted octanol–water partition coefficient (Wildman–Crippen LogP) is 3.13. The van der Waals surface area contributed by atoms with Crippen LogP contribution in [0.5, 0.6) is 0 Å². The van der Waals surface area contributed by atoms with Gasteiger partial charge in [0.15, 0.2) is 0 Å². The van der Waals surface area contributed by atoms with E-state index in [4.69, 9.17) is 4.74 Å². The summed E-state index contributed by atoms with van der Waals surface area (Å²) in [5.41, 5.74) is 0.172. The van der Waals surface area contributed by atoms with E-state index in [9.17, 15) is 4.79 Å². The van der Waals surface area contributed by atoms with Crippen LogP contribution in [-0.2, 0) is 9.53 Å². The first kappa shape index (κ1) is 16.4. The highest BCUT2D eigenvalue weighted by molar-refractivity contribution is 5.49. The minimum atomic E-state index is 0.172. The van der Waals surface area contributed by atoms with E-state index in [0.717, 1.165) is 45.3 Å². The normalized spacial score (nSPS) is 21.2. The van der Waals surface area contributed by atoms with Gasteiger partial charge in [-0.2, -0.15) is 0 Å². The highest BCUT2D eigenvalue weighted by atomic mass is 16.5. The second-order valence-electron chi connectivity index (χ2n) is 4.51. The number of hydrogen-bond acceptors (Lipinski definition) is 2. The number of ether oxygens (including phenoxy) is 1. The number of amides is 1. The summed E-state index contributed by atoms with van der Waals surface area (Å²) in [5, 5.41) is 2.97. The van der Waals surface area contributed by atoms with Crippen molar-refractivity contribution in [3.63, 3.8) is 0 Å². The third-order valence-corrected chi connectivity index (χ3v) is 3.14. The van der Waals surface area contributed by atoms with Gasteiger partial charge in [0, 0.05) is 18.8 Å². The van der Waals surface area contributed by atoms with Crippen molar-refractivity contribution in [2.45, 2.75) is 65.3 Å². The van der Waals surface area contributed by atoms with Crippen LogP contribution in [0, 0.1) is 5.92 Å². The molecule has 102 valence electrons. The summed E-state index contributed by atoms with van der Waals surface area (Å²) in [5.74, 6) is 0.663. The summed E-state index contributed by atoms with van der Waals surface area (Å²) in [7, 11) is 0. The number of nitrogens with one attached hydrogen (secondary N) is 1. The smallest absolute Gasteiger partial charge is 0.207 e. The number of hydrogen-bond donors (Lipinski definition) is 1. The second kappa shape index (κ2) is 9.46. The molecule has 3 nitrogen and oxygen atoms in total. The van der Waals surface area contributed by atoms with Gasteiger partial charge in [0.1, 0.15) is 0 Å². The first-order chi connectivity index (χ1) is 8.29. The standard InChI is InChI=1S/C9H15NO2.C3H8.C2H6/c11-7-10-9(3-4-9)8-1-5-12-6-2-8;1-3-2;1-2/h7-8H,1-6H2,(H,10,11);3H2,1-2H3;1-2H3. The molecule has 0 bridgehead atoms. The lowest BCUT2D eigenvalue weighted by atomic mass is 9.90. The first-order valence-electron chi connectivity index (χ1n) is 7.08. The van der Waals surface area contributed by atoms with Gasteiger partial charge in [-0.25, -0.2) is 0 Å². The Morgan fingerprint density at radius 2 is 1.71 bits per heavy atom. The predicted molar refractivity (Wildman–Crippen MR) is 72.0 cm³/mol. The summed E-state index contributed by atoms with van der Waals surface area (Å²) in [6, 6.07) is 0. The summed E-state index contributed by atoms with van der Waals surface area (Å²) in [6.45, 7) is 9.99. The summed E-state index contributed by atoms with van der Waals surface area (Å²) >= 11 is 0. The fourth-order valence-corrected chi connectivity index (χ4v) is 2.17. The Morgan fingerprint density at radius 3 is 2.06 bits per heavy atom. The van der Waals surface area contributed by atoms with Crippen molar-refractivity contribution in [2.75, 3.05) is 13.2 Å². The third-order valence-electron chi connectivity index (χ3n) is 3.14. The third kappa shape index (κ3) is 5.53. The van der Waals surface area contributed by atoms with Crippen molar-refractivity contribution in [2.24, 2.45) is 5.92 Å². The fraction of sp³-hybridized carbons (Fsp3) is 0.929. The van der Waals surface area contributed by atoms with Crippen molar-refractivity contribution in [3.05, 3.63) is 0 Å². The van der Waals surface area contributed by atoms with Crippen molar-refractivity contribution < 1.29 is 9.53 Å². The molecule has 1 aliphatic carbocycles. The molecule has 2 aliphatic rings. The Bertz CT molecular complexity index is 185. The zero-order valence-corrected chi connectivity index (χ0v) is 11.9. The van der Waals surface area contributed by atoms with Crippen LogP contribution in [0.4, 0.5) is 0 Å². The quantitative estimate of drug-likeness (QED) is 0.773. The molecule has 1 N–H and O–H groups in total. The maximum atomic E-state index is 10.4. The van der Waals surface area contributed by atoms with Gasteiger partial charge in [-0.1, -0.05) is 34.1 Å². The molecule has 1 saturated carbocycles. The van der Waals surface area contributed by atoms with Crippen LogP contribution >= 0.6 is 0 Å². The highest BCUT2D eigenvalue weighted by Gasteiger charge is 2.49. The van der Waals surface area contributed by atoms with Gasteiger partial charge >= 0.3 is 0 Å². The lowest BCUT2D eigenvalue weighted by Crippen LogP contribution is -2.40. The van der Waals surface area contributed by atoms with Crippen LogP contribution in [0.2, 0.25) is 0 Å². The Balaban J connectivity index is 0.000000450. The maximum absolute atomic E-state index is 10.4. The Hall–Kier alpha value is -0.570. The number of carbonyl (C=O) groups is 1. The average Bonchev–Trinajstić information content (AvgIpc) is 3.15. The minimum absolute atomic E-state index is 0.172. The number of carbonyl (C=O) groups excluding carboxylic acids is 1. The molecule has 17 heavy (non-hydrogen) atoms. The molecule has 0 radical (unpaired) electrons. The van der Waals surface area contributed by atoms with Gasteiger partial charge in [0.25, 0.3) is 0 Å². The van der Waals surface area contributed by atoms with E-state index in [1.54, 1.807) is 0 Å². The van der Waals surface area contributed by atoms with Gasteiger partial charge < -0.3 is 10.1 Å². The van der Waals surface area contributed by atoms with Crippen LogP contribution in [0.1, 0.15) is 59.8 Å². The molecule has 1 amide bonds. The SMILES string of the molecule is CC.CCC.O=CNC1(C2CCOCC2)CC1. The summed E-state index contributed by atoms with van der Waals surface area (Å²) in [4.78, 5) is 10.4. The average molecular weight is 243 g/mol. The largest absolute Gasteiger partial charge is 0.381 e. The van der Waals surface area contributed by atoms with Gasteiger partial charge in [0.2, 0.25) is 6.41 Å². The van der Waals surface area contributed by atoms with Crippen LogP contribution in [0.3, 0.4) is 0 Å². The Morgan fingerprint density at radius 1 is 1.24 bits per heavy atom. The van der Waals surface area contributed by atoms with Gasteiger partial charge in [-0.05, 0) is 31.6 Å². The maximum Gasteiger partial charge on any atom is 0.207 e. The molecular weight excluding hydrogens is 214 g/mol. The molecule has 0 aromatic carbocycles. The van der Waals surface area contributed by atoms with Crippen molar-refractivity contribution in [1.29, 1.82) is 0 Å². The van der Waals surface area contributed by atoms with Crippen LogP contribution in [-0.4, -0.2) is 25.2 Å². The first-order valence-corrected chi connectivity index (χ1v) is 7.08. The van der Waals surface area contributed by atoms with E-state index >= 15 is 0 Å². The molecule has 0 atom stereocenters. The van der Waals surface area contributed by atoms with Crippen molar-refractivity contribution >= 4 is 6.41 Å². The van der Waals surface area contributed by atoms with Crippen LogP contribution in [0.15, 0.2) is 0 Å². The van der Waals surface area contributed by atoms with E-state index in [-0.39, 0.29) is 5.54 Å². The van der Waals surface area contributed by atoms with Gasteiger partial charge in [-0.15, -0.1) is 0 Å². The Kier molecular flexibility index (Phi) is 9.14. The molecular formula is C14H29NO2. The molecule has 0 aromatic rings. The van der Waals surface area contributed by atoms with Gasteiger partial charge in [-0.3, -0.25) is 4.79 Å². The second-order valence-corrected chi connectivity index (χ2v) is 4.51. The lowest BCUT2D eigenvalue weighted by Gasteiger charge is -2.29. The van der Waals surface area contributed by atoms with Crippen molar-refractivity contribution in [1.82, 2.24) is 5.32 Å². The topological polar surface area (TPSA) is 38.3 Å². The molecule has 2 rings (SSSR count). The highest BCUT2D eigenvalue weighted by Crippen LogP contribution is 2.45. The zero-order valence-electron chi connectivity index (χ0n) is 11.9. The zero-order chi connectivity index (χ0) is 13.1. The summed E-state index contributed by atoms with van der Waals surface area (Å²) in [6.07, 6.45) is 6.65. The van der Waals surface area contributed by atoms with Crippen LogP contribution in [0.25, 0.3) is 0 Å². The summed E-state index contributed by atoms with van der Waals surface area (Å²) < 4.78 is 5.28. The molecule has 1 heterocycles. The molecule has 0 unspecified atom stereocenters.